The molecular weight excluding hydrogens is 496 g/mol. The molecule has 1 atom stereocenters. The molecule has 0 spiro atoms. The summed E-state index contributed by atoms with van der Waals surface area (Å²) in [7, 11) is -2.71. The summed E-state index contributed by atoms with van der Waals surface area (Å²) in [6.45, 7) is 0. The lowest BCUT2D eigenvalue weighted by molar-refractivity contribution is 0.103. The third kappa shape index (κ3) is 4.36. The molecule has 9 heteroatoms. The zero-order valence-electron chi connectivity index (χ0n) is 14.3. The summed E-state index contributed by atoms with van der Waals surface area (Å²) in [6.07, 6.45) is 0. The number of halogens is 5. The van der Waals surface area contributed by atoms with E-state index in [2.05, 4.69) is 0 Å². The molecule has 0 amide bonds. The van der Waals surface area contributed by atoms with E-state index in [1.165, 1.54) is 36.4 Å². The van der Waals surface area contributed by atoms with E-state index in [1.54, 1.807) is 18.2 Å². The van der Waals surface area contributed by atoms with Gasteiger partial charge in [-0.3, -0.25) is 4.79 Å². The van der Waals surface area contributed by atoms with Gasteiger partial charge in [-0.05, 0) is 36.4 Å². The molecule has 3 aromatic carbocycles. The fourth-order valence-corrected chi connectivity index (χ4v) is 5.31. The van der Waals surface area contributed by atoms with Crippen molar-refractivity contribution in [3.8, 4) is 0 Å². The van der Waals surface area contributed by atoms with Crippen LogP contribution in [0.4, 0.5) is 0 Å². The van der Waals surface area contributed by atoms with Gasteiger partial charge in [0, 0.05) is 0 Å². The molecule has 3 aromatic rings. The Morgan fingerprint density at radius 1 is 0.655 bits per heavy atom. The van der Waals surface area contributed by atoms with E-state index in [0.717, 1.165) is 0 Å². The Morgan fingerprint density at radius 2 is 1.21 bits per heavy atom. The van der Waals surface area contributed by atoms with Gasteiger partial charge in [-0.25, -0.2) is 4.79 Å². The Labute approximate surface area is 192 Å². The maximum absolute atomic E-state index is 13.1. The molecule has 0 N–H and O–H groups in total. The highest BCUT2D eigenvalue weighted by Gasteiger charge is 2.39. The van der Waals surface area contributed by atoms with Crippen LogP contribution in [0.25, 0.3) is 0 Å². The number of benzene rings is 3. The first kappa shape index (κ1) is 22.2. The van der Waals surface area contributed by atoms with Gasteiger partial charge in [0.05, 0.1) is 36.2 Å². The number of carbonyl (C=O) groups is 2. The van der Waals surface area contributed by atoms with Gasteiger partial charge in [-0.2, -0.15) is 0 Å². The Hall–Kier alpha value is -1.45. The van der Waals surface area contributed by atoms with Gasteiger partial charge < -0.3 is 0 Å². The summed E-state index contributed by atoms with van der Waals surface area (Å²) in [6, 6.07) is 13.4. The third-order valence-electron chi connectivity index (χ3n) is 4.00. The van der Waals surface area contributed by atoms with Crippen LogP contribution in [-0.2, 0) is 4.57 Å². The maximum atomic E-state index is 13.1. The van der Waals surface area contributed by atoms with Gasteiger partial charge in [0.2, 0.25) is 11.1 Å². The molecule has 0 fully saturated rings. The number of rotatable bonds is 5. The van der Waals surface area contributed by atoms with Gasteiger partial charge >= 0.3 is 13.3 Å². The molecular formula is C20H9Cl5O3P+. The normalized spacial score (nSPS) is 11.3. The molecule has 29 heavy (non-hydrogen) atoms. The molecule has 0 saturated carbocycles. The number of hydrogen-bond acceptors (Lipinski definition) is 3. The molecule has 0 bridgehead atoms. The predicted molar refractivity (Wildman–Crippen MR) is 119 cm³/mol. The van der Waals surface area contributed by atoms with Gasteiger partial charge in [0.1, 0.15) is 5.56 Å². The van der Waals surface area contributed by atoms with E-state index in [0.29, 0.717) is 0 Å². The molecule has 0 heterocycles. The van der Waals surface area contributed by atoms with Crippen molar-refractivity contribution in [1.29, 1.82) is 0 Å². The first-order valence-electron chi connectivity index (χ1n) is 7.96. The van der Waals surface area contributed by atoms with Crippen LogP contribution < -0.4 is 5.30 Å². The Bertz CT molecular complexity index is 1160. The van der Waals surface area contributed by atoms with E-state index in [1.807, 2.05) is 0 Å². The van der Waals surface area contributed by atoms with Crippen LogP contribution in [-0.4, -0.2) is 11.3 Å². The molecule has 0 aliphatic heterocycles. The van der Waals surface area contributed by atoms with Crippen molar-refractivity contribution in [1.82, 2.24) is 0 Å². The van der Waals surface area contributed by atoms with E-state index in [-0.39, 0.29) is 47.1 Å². The van der Waals surface area contributed by atoms with Crippen molar-refractivity contribution < 1.29 is 14.2 Å². The Kier molecular flexibility index (Phi) is 7.01. The van der Waals surface area contributed by atoms with Gasteiger partial charge in [-0.1, -0.05) is 80.8 Å². The Morgan fingerprint density at radius 3 is 1.86 bits per heavy atom. The molecule has 0 aliphatic carbocycles. The van der Waals surface area contributed by atoms with Crippen LogP contribution in [0, 0.1) is 0 Å². The number of carbonyl (C=O) groups excluding carboxylic acids is 2. The highest BCUT2D eigenvalue weighted by molar-refractivity contribution is 7.71. The van der Waals surface area contributed by atoms with Crippen molar-refractivity contribution in [3.05, 3.63) is 96.4 Å². The molecule has 146 valence electrons. The zero-order valence-corrected chi connectivity index (χ0v) is 18.9. The molecule has 0 aromatic heterocycles. The minimum Gasteiger partial charge on any atom is -0.288 e. The zero-order chi connectivity index (χ0) is 21.3. The molecule has 0 saturated heterocycles. The van der Waals surface area contributed by atoms with Crippen molar-refractivity contribution in [2.75, 3.05) is 0 Å². The summed E-state index contributed by atoms with van der Waals surface area (Å²) in [5.74, 6) is -0.612. The quantitative estimate of drug-likeness (QED) is 0.205. The van der Waals surface area contributed by atoms with Crippen LogP contribution in [0.2, 0.25) is 25.1 Å². The lowest BCUT2D eigenvalue weighted by Crippen LogP contribution is -2.16. The van der Waals surface area contributed by atoms with Crippen LogP contribution in [0.1, 0.15) is 26.3 Å². The summed E-state index contributed by atoms with van der Waals surface area (Å²) in [5, 5.41) is 0.330. The second kappa shape index (κ2) is 9.14. The van der Waals surface area contributed by atoms with Crippen LogP contribution in [0.5, 0.6) is 0 Å². The summed E-state index contributed by atoms with van der Waals surface area (Å²) >= 11 is 30.4. The van der Waals surface area contributed by atoms with Gasteiger partial charge in [-0.15, -0.1) is 0 Å². The van der Waals surface area contributed by atoms with Crippen LogP contribution in [0.15, 0.2) is 54.6 Å². The maximum Gasteiger partial charge on any atom is 0.459 e. The largest absolute Gasteiger partial charge is 0.459 e. The monoisotopic (exact) mass is 503 g/mol. The first-order chi connectivity index (χ1) is 13.7. The van der Waals surface area contributed by atoms with Crippen LogP contribution in [0.3, 0.4) is 0 Å². The van der Waals surface area contributed by atoms with Gasteiger partial charge in [0.25, 0.3) is 0 Å². The highest BCUT2D eigenvalue weighted by Crippen LogP contribution is 2.37. The molecule has 3 rings (SSSR count). The van der Waals surface area contributed by atoms with Gasteiger partial charge in [0.15, 0.2) is 0 Å². The van der Waals surface area contributed by atoms with Crippen molar-refractivity contribution in [3.63, 3.8) is 0 Å². The molecule has 0 radical (unpaired) electrons. The number of ketones is 1. The SMILES string of the molecule is O=C(c1ccccc1[P+](=O)C(=O)c1c(Cl)cccc1Cl)c1c(Cl)ccc(Cl)c1Cl. The summed E-state index contributed by atoms with van der Waals surface area (Å²) in [4.78, 5) is 26.0. The van der Waals surface area contributed by atoms with Crippen molar-refractivity contribution in [2.24, 2.45) is 0 Å². The summed E-state index contributed by atoms with van der Waals surface area (Å²) < 4.78 is 13.1. The van der Waals surface area contributed by atoms with E-state index in [9.17, 15) is 14.2 Å². The molecule has 3 nitrogen and oxygen atoms in total. The minimum absolute atomic E-state index is 0.0104. The van der Waals surface area contributed by atoms with Crippen molar-refractivity contribution in [2.45, 2.75) is 0 Å². The lowest BCUT2D eigenvalue weighted by atomic mass is 10.0. The fourth-order valence-electron chi connectivity index (χ4n) is 2.63. The number of hydrogen-bond donors (Lipinski definition) is 0. The topological polar surface area (TPSA) is 51.2 Å². The minimum atomic E-state index is -2.71. The van der Waals surface area contributed by atoms with E-state index < -0.39 is 19.1 Å². The molecule has 0 aliphatic rings. The average Bonchev–Trinajstić information content (AvgIpc) is 2.70. The second-order valence-electron chi connectivity index (χ2n) is 5.76. The van der Waals surface area contributed by atoms with Crippen molar-refractivity contribution >= 4 is 82.4 Å². The predicted octanol–water partition coefficient (Wildman–Crippen LogP) is 7.48. The first-order valence-corrected chi connectivity index (χ1v) is 11.1. The molecule has 1 unspecified atom stereocenters. The average molecular weight is 506 g/mol. The Balaban J connectivity index is 2.11. The summed E-state index contributed by atoms with van der Waals surface area (Å²) in [5.41, 5.74) is -0.895. The smallest absolute Gasteiger partial charge is 0.288 e. The van der Waals surface area contributed by atoms with E-state index >= 15 is 0 Å². The third-order valence-corrected chi connectivity index (χ3v) is 7.17. The lowest BCUT2D eigenvalue weighted by Gasteiger charge is -2.08. The van der Waals surface area contributed by atoms with E-state index in [4.69, 9.17) is 58.0 Å². The fraction of sp³-hybridized carbons (Fsp3) is 0. The highest BCUT2D eigenvalue weighted by atomic mass is 35.5. The second-order valence-corrected chi connectivity index (χ2v) is 9.24. The van der Waals surface area contributed by atoms with Crippen LogP contribution >= 0.6 is 65.8 Å². The standard InChI is InChI=1S/C20H9Cl5O3P/c21-11-5-3-6-12(22)16(11)20(27)29(28)15-7-2-1-4-10(15)19(26)17-13(23)8-9-14(24)18(17)25/h1-9H/q+1.